The molecule has 4 aromatic rings. The van der Waals surface area contributed by atoms with Crippen LogP contribution in [0.2, 0.25) is 0 Å². The van der Waals surface area contributed by atoms with E-state index in [2.05, 4.69) is 10.6 Å². The Morgan fingerprint density at radius 2 is 1.37 bits per heavy atom. The Kier molecular flexibility index (Phi) is 9.94. The molecule has 0 aliphatic rings. The molecule has 1 unspecified atom stereocenters. The van der Waals surface area contributed by atoms with Crippen molar-refractivity contribution in [3.8, 4) is 0 Å². The SMILES string of the molecule is CC(Sc1ccc(NC(=O)/C(=C/c2ccc(F)cc2)NC(=O)c2ccccc2)cc1)C(=O)Nc1c(F)c(F)cc(F)c1F. The topological polar surface area (TPSA) is 87.3 Å². The second-order valence-corrected chi connectivity index (χ2v) is 10.4. The number of anilines is 2. The predicted molar refractivity (Wildman–Crippen MR) is 154 cm³/mol. The number of thioether (sulfide) groups is 1. The molecule has 12 heteroatoms. The van der Waals surface area contributed by atoms with E-state index >= 15 is 0 Å². The molecule has 0 radical (unpaired) electrons. The number of rotatable bonds is 9. The van der Waals surface area contributed by atoms with E-state index in [1.807, 2.05) is 5.32 Å². The summed E-state index contributed by atoms with van der Waals surface area (Å²) in [6, 6.07) is 19.7. The molecular weight excluding hydrogens is 589 g/mol. The molecule has 4 rings (SSSR count). The van der Waals surface area contributed by atoms with E-state index in [0.29, 0.717) is 21.7 Å². The van der Waals surface area contributed by atoms with Crippen molar-refractivity contribution in [3.05, 3.63) is 131 Å². The van der Waals surface area contributed by atoms with Gasteiger partial charge in [0.25, 0.3) is 11.8 Å². The van der Waals surface area contributed by atoms with Crippen LogP contribution in [-0.2, 0) is 9.59 Å². The number of carbonyl (C=O) groups is 3. The van der Waals surface area contributed by atoms with E-state index in [1.165, 1.54) is 49.4 Å². The molecule has 0 aliphatic carbocycles. The molecule has 0 saturated carbocycles. The Bertz CT molecular complexity index is 1660. The van der Waals surface area contributed by atoms with Crippen LogP contribution in [0.5, 0.6) is 0 Å². The van der Waals surface area contributed by atoms with Crippen LogP contribution in [0.3, 0.4) is 0 Å². The van der Waals surface area contributed by atoms with Gasteiger partial charge >= 0.3 is 0 Å². The monoisotopic (exact) mass is 611 g/mol. The van der Waals surface area contributed by atoms with Gasteiger partial charge in [0.1, 0.15) is 17.2 Å². The minimum Gasteiger partial charge on any atom is -0.321 e. The molecule has 0 heterocycles. The number of hydrogen-bond acceptors (Lipinski definition) is 4. The van der Waals surface area contributed by atoms with Crippen LogP contribution >= 0.6 is 11.8 Å². The molecule has 0 aliphatic heterocycles. The minimum absolute atomic E-state index is 0.0393. The number of carbonyl (C=O) groups excluding carboxylic acids is 3. The summed E-state index contributed by atoms with van der Waals surface area (Å²) in [4.78, 5) is 38.9. The molecule has 4 aromatic carbocycles. The van der Waals surface area contributed by atoms with Crippen LogP contribution in [0.4, 0.5) is 33.3 Å². The van der Waals surface area contributed by atoms with Crippen molar-refractivity contribution in [2.75, 3.05) is 10.6 Å². The third kappa shape index (κ3) is 8.07. The van der Waals surface area contributed by atoms with E-state index in [0.717, 1.165) is 11.8 Å². The zero-order valence-corrected chi connectivity index (χ0v) is 23.1. The maximum atomic E-state index is 13.9. The normalized spacial score (nSPS) is 11.9. The third-order valence-electron chi connectivity index (χ3n) is 5.86. The summed E-state index contributed by atoms with van der Waals surface area (Å²) < 4.78 is 68.1. The van der Waals surface area contributed by atoms with Crippen molar-refractivity contribution in [1.29, 1.82) is 0 Å². The van der Waals surface area contributed by atoms with Crippen LogP contribution in [-0.4, -0.2) is 23.0 Å². The standard InChI is InChI=1S/C31H22F5N3O3S/c1-17(29(40)39-28-26(35)23(33)16-24(34)27(28)36)43-22-13-11-21(12-14-22)37-31(42)25(15-18-7-9-20(32)10-8-18)38-30(41)19-5-3-2-4-6-19/h2-17H,1H3,(H,37,42)(H,38,41)(H,39,40)/b25-15-. The largest absolute Gasteiger partial charge is 0.321 e. The van der Waals surface area contributed by atoms with Gasteiger partial charge in [0.05, 0.1) is 5.25 Å². The van der Waals surface area contributed by atoms with E-state index in [9.17, 15) is 36.3 Å². The molecule has 43 heavy (non-hydrogen) atoms. The molecule has 220 valence electrons. The summed E-state index contributed by atoms with van der Waals surface area (Å²) >= 11 is 0.978. The van der Waals surface area contributed by atoms with Crippen LogP contribution in [0.1, 0.15) is 22.8 Å². The molecule has 3 amide bonds. The molecule has 0 aromatic heterocycles. The summed E-state index contributed by atoms with van der Waals surface area (Å²) in [5, 5.41) is 6.15. The van der Waals surface area contributed by atoms with Crippen molar-refractivity contribution in [2.45, 2.75) is 17.1 Å². The van der Waals surface area contributed by atoms with Gasteiger partial charge in [-0.1, -0.05) is 30.3 Å². The fraction of sp³-hybridized carbons (Fsp3) is 0.0645. The maximum Gasteiger partial charge on any atom is 0.272 e. The van der Waals surface area contributed by atoms with E-state index in [1.54, 1.807) is 42.5 Å². The van der Waals surface area contributed by atoms with Crippen molar-refractivity contribution in [1.82, 2.24) is 5.32 Å². The summed E-state index contributed by atoms with van der Waals surface area (Å²) in [5.74, 6) is -9.34. The van der Waals surface area contributed by atoms with Crippen molar-refractivity contribution < 1.29 is 36.3 Å². The van der Waals surface area contributed by atoms with Crippen LogP contribution < -0.4 is 16.0 Å². The third-order valence-corrected chi connectivity index (χ3v) is 6.98. The quantitative estimate of drug-likeness (QED) is 0.0831. The highest BCUT2D eigenvalue weighted by molar-refractivity contribution is 8.00. The lowest BCUT2D eigenvalue weighted by Crippen LogP contribution is -2.30. The first-order valence-corrected chi connectivity index (χ1v) is 13.5. The van der Waals surface area contributed by atoms with Gasteiger partial charge < -0.3 is 16.0 Å². The number of halogens is 5. The molecule has 0 fully saturated rings. The highest BCUT2D eigenvalue weighted by atomic mass is 32.2. The van der Waals surface area contributed by atoms with Gasteiger partial charge in [-0.05, 0) is 67.1 Å². The zero-order valence-electron chi connectivity index (χ0n) is 22.3. The average Bonchev–Trinajstić information content (AvgIpc) is 3.00. The van der Waals surface area contributed by atoms with Crippen LogP contribution in [0.25, 0.3) is 6.08 Å². The van der Waals surface area contributed by atoms with Crippen LogP contribution in [0, 0.1) is 29.1 Å². The first-order chi connectivity index (χ1) is 20.5. The molecule has 1 atom stereocenters. The molecular formula is C31H22F5N3O3S. The highest BCUT2D eigenvalue weighted by Crippen LogP contribution is 2.28. The summed E-state index contributed by atoms with van der Waals surface area (Å²) in [6.45, 7) is 1.42. The number of nitrogens with one attached hydrogen (secondary N) is 3. The molecule has 3 N–H and O–H groups in total. The Balaban J connectivity index is 1.44. The molecule has 0 saturated heterocycles. The van der Waals surface area contributed by atoms with Crippen molar-refractivity contribution >= 4 is 46.9 Å². The lowest BCUT2D eigenvalue weighted by molar-refractivity contribution is -0.115. The van der Waals surface area contributed by atoms with Gasteiger partial charge in [0.2, 0.25) is 5.91 Å². The van der Waals surface area contributed by atoms with Gasteiger partial charge in [0.15, 0.2) is 23.3 Å². The van der Waals surface area contributed by atoms with Gasteiger partial charge in [-0.25, -0.2) is 22.0 Å². The Hall–Kier alpha value is -4.97. The van der Waals surface area contributed by atoms with Gasteiger partial charge in [-0.2, -0.15) is 0 Å². The second kappa shape index (κ2) is 13.8. The van der Waals surface area contributed by atoms with Crippen molar-refractivity contribution in [2.24, 2.45) is 0 Å². The predicted octanol–water partition coefficient (Wildman–Crippen LogP) is 6.91. The number of amides is 3. The zero-order chi connectivity index (χ0) is 31.1. The van der Waals surface area contributed by atoms with Gasteiger partial charge in [-0.15, -0.1) is 11.8 Å². The Morgan fingerprint density at radius 1 is 0.767 bits per heavy atom. The minimum atomic E-state index is -1.72. The van der Waals surface area contributed by atoms with E-state index in [-0.39, 0.29) is 11.8 Å². The van der Waals surface area contributed by atoms with Gasteiger partial charge in [-0.3, -0.25) is 14.4 Å². The lowest BCUT2D eigenvalue weighted by Gasteiger charge is -2.14. The number of benzene rings is 4. The molecule has 0 bridgehead atoms. The lowest BCUT2D eigenvalue weighted by atomic mass is 10.1. The summed E-state index contributed by atoms with van der Waals surface area (Å²) in [6.07, 6.45) is 1.39. The first kappa shape index (κ1) is 31.0. The summed E-state index contributed by atoms with van der Waals surface area (Å²) in [5.41, 5.74) is -0.244. The fourth-order valence-electron chi connectivity index (χ4n) is 3.65. The van der Waals surface area contributed by atoms with Crippen molar-refractivity contribution in [3.63, 3.8) is 0 Å². The second-order valence-electron chi connectivity index (χ2n) is 9.00. The highest BCUT2D eigenvalue weighted by Gasteiger charge is 2.23. The average molecular weight is 612 g/mol. The van der Waals surface area contributed by atoms with Gasteiger partial charge in [0, 0.05) is 22.2 Å². The van der Waals surface area contributed by atoms with E-state index in [4.69, 9.17) is 0 Å². The molecule has 6 nitrogen and oxygen atoms in total. The maximum absolute atomic E-state index is 13.9. The van der Waals surface area contributed by atoms with Crippen LogP contribution in [0.15, 0.2) is 95.5 Å². The molecule has 0 spiro atoms. The Labute approximate surface area is 247 Å². The first-order valence-electron chi connectivity index (χ1n) is 12.6. The Morgan fingerprint density at radius 3 is 1.98 bits per heavy atom. The summed E-state index contributed by atoms with van der Waals surface area (Å²) in [7, 11) is 0. The number of hydrogen-bond donors (Lipinski definition) is 3. The smallest absolute Gasteiger partial charge is 0.272 e. The fourth-order valence-corrected chi connectivity index (χ4v) is 4.52. The van der Waals surface area contributed by atoms with E-state index < -0.39 is 57.7 Å².